The summed E-state index contributed by atoms with van der Waals surface area (Å²) in [6.45, 7) is 6.72. The van der Waals surface area contributed by atoms with Crippen molar-refractivity contribution in [3.05, 3.63) is 10.8 Å². The molecule has 4 N–H and O–H groups in total. The average molecular weight is 377 g/mol. The van der Waals surface area contributed by atoms with E-state index < -0.39 is 11.8 Å². The fourth-order valence-electron chi connectivity index (χ4n) is 2.28. The number of ether oxygens (including phenoxy) is 2. The summed E-state index contributed by atoms with van der Waals surface area (Å²) < 4.78 is 12.2. The first-order valence-corrected chi connectivity index (χ1v) is 8.36. The molecule has 0 saturated carbocycles. The molecule has 0 aromatic carbocycles. The van der Waals surface area contributed by atoms with E-state index in [0.29, 0.717) is 30.4 Å². The highest BCUT2D eigenvalue weighted by Gasteiger charge is 2.41. The number of nitrogens with one attached hydrogen (secondary N) is 3. The van der Waals surface area contributed by atoms with Gasteiger partial charge in [0, 0.05) is 25.3 Å². The molecule has 7 nitrogen and oxygen atoms in total. The lowest BCUT2D eigenvalue weighted by Crippen LogP contribution is -2.66. The molecule has 0 aliphatic carbocycles. The highest BCUT2D eigenvalue weighted by atomic mass is 79.9. The molecular formula is C14H25BrN4O3. The fraction of sp³-hybridized carbons (Fsp3) is 0.786. The Labute approximate surface area is 139 Å². The molecule has 0 aromatic heterocycles. The van der Waals surface area contributed by atoms with Crippen molar-refractivity contribution in [3.63, 3.8) is 0 Å². The van der Waals surface area contributed by atoms with Crippen LogP contribution in [0.4, 0.5) is 0 Å². The van der Waals surface area contributed by atoms with E-state index >= 15 is 0 Å². The first-order chi connectivity index (χ1) is 10.5. The molecule has 0 aromatic rings. The molecule has 1 saturated heterocycles. The fourth-order valence-corrected chi connectivity index (χ4v) is 2.50. The molecule has 22 heavy (non-hydrogen) atoms. The molecular weight excluding hydrogens is 352 g/mol. The number of aliphatic imine (C=N–C) groups is 1. The number of rotatable bonds is 7. The molecule has 2 aliphatic rings. The van der Waals surface area contributed by atoms with Gasteiger partial charge in [0.1, 0.15) is 4.61 Å². The standard InChI is InChI=1S/C14H25BrN4O3/c1-10(2)17-5-11(20)7-22-14(9-18-13(15)6-19-14)12-8-21-4-3-16-12/h6,9-12,16-17,19-20H,3-5,7-8H2,1-2H3. The Hall–Kier alpha value is -0.510. The molecule has 0 spiro atoms. The molecule has 2 heterocycles. The molecule has 0 bridgehead atoms. The predicted molar refractivity (Wildman–Crippen MR) is 89.1 cm³/mol. The summed E-state index contributed by atoms with van der Waals surface area (Å²) in [6, 6.07) is 0.248. The number of hydrogen-bond acceptors (Lipinski definition) is 7. The summed E-state index contributed by atoms with van der Waals surface area (Å²) in [5, 5.41) is 19.8. The first-order valence-electron chi connectivity index (χ1n) is 7.57. The second-order valence-corrected chi connectivity index (χ2v) is 6.58. The minimum absolute atomic E-state index is 0.0768. The quantitative estimate of drug-likeness (QED) is 0.464. The Morgan fingerprint density at radius 2 is 2.45 bits per heavy atom. The van der Waals surface area contributed by atoms with Gasteiger partial charge in [-0.3, -0.25) is 0 Å². The first kappa shape index (κ1) is 17.8. The van der Waals surface area contributed by atoms with Gasteiger partial charge in [-0.15, -0.1) is 0 Å². The molecule has 0 radical (unpaired) electrons. The molecule has 2 aliphatic heterocycles. The minimum atomic E-state index is -0.823. The Bertz CT molecular complexity index is 413. The second kappa shape index (κ2) is 8.37. The van der Waals surface area contributed by atoms with Gasteiger partial charge in [-0.1, -0.05) is 13.8 Å². The van der Waals surface area contributed by atoms with E-state index in [-0.39, 0.29) is 12.6 Å². The molecule has 126 valence electrons. The van der Waals surface area contributed by atoms with Gasteiger partial charge in [0.25, 0.3) is 0 Å². The highest BCUT2D eigenvalue weighted by molar-refractivity contribution is 9.11. The van der Waals surface area contributed by atoms with Gasteiger partial charge < -0.3 is 30.5 Å². The zero-order valence-electron chi connectivity index (χ0n) is 13.0. The van der Waals surface area contributed by atoms with Crippen LogP contribution in [0.2, 0.25) is 0 Å². The lowest BCUT2D eigenvalue weighted by Gasteiger charge is -2.41. The summed E-state index contributed by atoms with van der Waals surface area (Å²) >= 11 is 3.32. The van der Waals surface area contributed by atoms with Gasteiger partial charge in [-0.25, -0.2) is 4.99 Å². The smallest absolute Gasteiger partial charge is 0.192 e. The number of hydrogen-bond donors (Lipinski definition) is 4. The summed E-state index contributed by atoms with van der Waals surface area (Å²) in [7, 11) is 0. The number of nitrogens with zero attached hydrogens (tertiary/aromatic N) is 1. The third-order valence-electron chi connectivity index (χ3n) is 3.51. The number of halogens is 1. The SMILES string of the molecule is CC(C)NCC(O)COC1(C2COCCN2)C=NC(Br)=CN1. The van der Waals surface area contributed by atoms with Gasteiger partial charge >= 0.3 is 0 Å². The Morgan fingerprint density at radius 3 is 3.05 bits per heavy atom. The van der Waals surface area contributed by atoms with Crippen LogP contribution in [-0.4, -0.2) is 68.1 Å². The largest absolute Gasteiger partial charge is 0.389 e. The third kappa shape index (κ3) is 5.00. The van der Waals surface area contributed by atoms with Gasteiger partial charge in [-0.05, 0) is 15.9 Å². The van der Waals surface area contributed by atoms with Crippen molar-refractivity contribution in [1.29, 1.82) is 0 Å². The van der Waals surface area contributed by atoms with Crippen LogP contribution in [0.3, 0.4) is 0 Å². The molecule has 3 atom stereocenters. The zero-order valence-corrected chi connectivity index (χ0v) is 14.6. The zero-order chi connectivity index (χ0) is 16.0. The maximum atomic E-state index is 10.1. The number of morpholine rings is 1. The number of aliphatic hydroxyl groups is 1. The van der Waals surface area contributed by atoms with Crippen molar-refractivity contribution < 1.29 is 14.6 Å². The van der Waals surface area contributed by atoms with E-state index in [4.69, 9.17) is 9.47 Å². The maximum absolute atomic E-state index is 10.1. The van der Waals surface area contributed by atoms with Crippen LogP contribution in [0, 0.1) is 0 Å². The second-order valence-electron chi connectivity index (χ2n) is 5.77. The van der Waals surface area contributed by atoms with Gasteiger partial charge in [0.05, 0.1) is 38.2 Å². The van der Waals surface area contributed by atoms with Crippen molar-refractivity contribution in [3.8, 4) is 0 Å². The van der Waals surface area contributed by atoms with Crippen molar-refractivity contribution in [2.24, 2.45) is 4.99 Å². The van der Waals surface area contributed by atoms with Crippen LogP contribution in [0.25, 0.3) is 0 Å². The van der Waals surface area contributed by atoms with Crippen LogP contribution in [-0.2, 0) is 9.47 Å². The monoisotopic (exact) mass is 376 g/mol. The van der Waals surface area contributed by atoms with Crippen molar-refractivity contribution in [2.75, 3.05) is 32.9 Å². The van der Waals surface area contributed by atoms with Gasteiger partial charge in [0.2, 0.25) is 0 Å². The third-order valence-corrected chi connectivity index (χ3v) is 3.95. The molecule has 1 fully saturated rings. The van der Waals surface area contributed by atoms with E-state index in [1.165, 1.54) is 0 Å². The van der Waals surface area contributed by atoms with Crippen molar-refractivity contribution >= 4 is 22.1 Å². The molecule has 8 heteroatoms. The normalized spacial score (nSPS) is 30.0. The Kier molecular flexibility index (Phi) is 6.79. The van der Waals surface area contributed by atoms with Crippen LogP contribution in [0.15, 0.2) is 15.8 Å². The predicted octanol–water partition coefficient (Wildman–Crippen LogP) is -0.0856. The molecule has 2 rings (SSSR count). The van der Waals surface area contributed by atoms with Crippen LogP contribution in [0.5, 0.6) is 0 Å². The van der Waals surface area contributed by atoms with E-state index in [0.717, 1.165) is 6.54 Å². The summed E-state index contributed by atoms with van der Waals surface area (Å²) in [4.78, 5) is 4.28. The maximum Gasteiger partial charge on any atom is 0.192 e. The Balaban J connectivity index is 1.95. The molecule has 0 amide bonds. The van der Waals surface area contributed by atoms with Crippen LogP contribution in [0.1, 0.15) is 13.8 Å². The van der Waals surface area contributed by atoms with E-state index in [9.17, 15) is 5.11 Å². The van der Waals surface area contributed by atoms with E-state index in [1.54, 1.807) is 12.4 Å². The summed E-state index contributed by atoms with van der Waals surface area (Å²) in [5.41, 5.74) is -0.823. The van der Waals surface area contributed by atoms with Crippen molar-refractivity contribution in [2.45, 2.75) is 37.8 Å². The highest BCUT2D eigenvalue weighted by Crippen LogP contribution is 2.20. The minimum Gasteiger partial charge on any atom is -0.389 e. The van der Waals surface area contributed by atoms with E-state index in [1.807, 2.05) is 13.8 Å². The van der Waals surface area contributed by atoms with Gasteiger partial charge in [-0.2, -0.15) is 0 Å². The molecule has 3 unspecified atom stereocenters. The number of aliphatic hydroxyl groups excluding tert-OH is 1. The summed E-state index contributed by atoms with van der Waals surface area (Å²) in [6.07, 6.45) is 2.87. The average Bonchev–Trinajstić information content (AvgIpc) is 2.53. The van der Waals surface area contributed by atoms with Gasteiger partial charge in [0.15, 0.2) is 5.72 Å². The lowest BCUT2D eigenvalue weighted by molar-refractivity contribution is -0.0913. The topological polar surface area (TPSA) is 87.1 Å². The van der Waals surface area contributed by atoms with Crippen LogP contribution < -0.4 is 16.0 Å². The van der Waals surface area contributed by atoms with Crippen molar-refractivity contribution in [1.82, 2.24) is 16.0 Å². The Morgan fingerprint density at radius 1 is 1.64 bits per heavy atom. The van der Waals surface area contributed by atoms with Crippen LogP contribution >= 0.6 is 15.9 Å². The lowest BCUT2D eigenvalue weighted by atomic mass is 10.0. The van der Waals surface area contributed by atoms with E-state index in [2.05, 4.69) is 36.9 Å². The summed E-state index contributed by atoms with van der Waals surface area (Å²) in [5.74, 6) is 0.